The van der Waals surface area contributed by atoms with E-state index in [1.54, 1.807) is 45.2 Å². The monoisotopic (exact) mass is 377 g/mol. The van der Waals surface area contributed by atoms with E-state index in [-0.39, 0.29) is 52.4 Å². The second-order valence-electron chi connectivity index (χ2n) is 6.00. The number of carboxylic acids is 1. The molecule has 27 heavy (non-hydrogen) atoms. The van der Waals surface area contributed by atoms with E-state index in [1.807, 2.05) is 0 Å². The van der Waals surface area contributed by atoms with E-state index >= 15 is 0 Å². The molecule has 3 rings (SSSR count). The number of benzene rings is 2. The molecular formula is C20H18NaO6. The summed E-state index contributed by atoms with van der Waals surface area (Å²) in [6.45, 7) is 3.60. The molecule has 0 saturated heterocycles. The molecule has 0 atom stereocenters. The largest absolute Gasteiger partial charge is 0.497 e. The fraction of sp³-hybridized carbons (Fsp3) is 0.200. The number of rotatable bonds is 5. The zero-order valence-corrected chi connectivity index (χ0v) is 17.6. The van der Waals surface area contributed by atoms with Gasteiger partial charge in [-0.15, -0.1) is 0 Å². The van der Waals surface area contributed by atoms with Crippen molar-refractivity contribution in [3.8, 4) is 22.8 Å². The third kappa shape index (κ3) is 4.35. The summed E-state index contributed by atoms with van der Waals surface area (Å²) in [6.07, 6.45) is -0.255. The van der Waals surface area contributed by atoms with Gasteiger partial charge in [0.05, 0.1) is 24.2 Å². The average molecular weight is 377 g/mol. The molecule has 1 heterocycles. The van der Waals surface area contributed by atoms with Crippen LogP contribution in [0.25, 0.3) is 22.3 Å². The summed E-state index contributed by atoms with van der Waals surface area (Å²) in [5, 5.41) is 9.32. The summed E-state index contributed by atoms with van der Waals surface area (Å²) < 4.78 is 16.8. The molecule has 0 saturated carbocycles. The average Bonchev–Trinajstić information content (AvgIpc) is 2.63. The summed E-state index contributed by atoms with van der Waals surface area (Å²) in [6, 6.07) is 11.2. The Balaban J connectivity index is 0.00000261. The predicted octanol–water partition coefficient (Wildman–Crippen LogP) is 3.57. The topological polar surface area (TPSA) is 86.0 Å². The van der Waals surface area contributed by atoms with Crippen molar-refractivity contribution in [2.45, 2.75) is 20.0 Å². The van der Waals surface area contributed by atoms with Gasteiger partial charge in [-0.1, -0.05) is 0 Å². The fourth-order valence-corrected chi connectivity index (χ4v) is 2.59. The molecule has 0 amide bonds. The predicted molar refractivity (Wildman–Crippen MR) is 103 cm³/mol. The van der Waals surface area contributed by atoms with Gasteiger partial charge in [0, 0.05) is 35.1 Å². The van der Waals surface area contributed by atoms with E-state index in [9.17, 15) is 9.59 Å². The van der Waals surface area contributed by atoms with E-state index in [4.69, 9.17) is 19.0 Å². The molecule has 0 unspecified atom stereocenters. The number of ether oxygens (including phenoxy) is 2. The SMILES string of the molecule is COc1ccc(-c2oc3ccc(C(=O)O)cc3c(=O)c2OC(C)C)cc1.[Na]. The van der Waals surface area contributed by atoms with Crippen molar-refractivity contribution >= 4 is 46.5 Å². The van der Waals surface area contributed by atoms with E-state index in [0.29, 0.717) is 22.7 Å². The molecule has 0 spiro atoms. The van der Waals surface area contributed by atoms with Crippen LogP contribution in [-0.2, 0) is 0 Å². The number of fused-ring (bicyclic) bond motifs is 1. The molecule has 1 N–H and O–H groups in total. The molecule has 7 heteroatoms. The van der Waals surface area contributed by atoms with Gasteiger partial charge in [-0.25, -0.2) is 4.79 Å². The molecule has 0 bridgehead atoms. The third-order valence-electron chi connectivity index (χ3n) is 3.80. The molecule has 0 fully saturated rings. The van der Waals surface area contributed by atoms with Crippen molar-refractivity contribution in [1.82, 2.24) is 0 Å². The summed E-state index contributed by atoms with van der Waals surface area (Å²) in [4.78, 5) is 24.1. The fourth-order valence-electron chi connectivity index (χ4n) is 2.59. The van der Waals surface area contributed by atoms with Crippen molar-refractivity contribution < 1.29 is 23.8 Å². The maximum absolute atomic E-state index is 13.0. The smallest absolute Gasteiger partial charge is 0.335 e. The molecule has 135 valence electrons. The minimum atomic E-state index is -1.11. The molecule has 0 aliphatic rings. The quantitative estimate of drug-likeness (QED) is 0.684. The van der Waals surface area contributed by atoms with Crippen LogP contribution in [-0.4, -0.2) is 53.8 Å². The van der Waals surface area contributed by atoms with Crippen LogP contribution in [0.3, 0.4) is 0 Å². The standard InChI is InChI=1S/C20H18O6.Na/c1-11(2)25-19-17(21)15-10-13(20(22)23)6-9-16(15)26-18(19)12-4-7-14(24-3)8-5-12;/h4-11H,1-3H3,(H,22,23);. The molecule has 3 aromatic rings. The molecule has 1 radical (unpaired) electrons. The molecular weight excluding hydrogens is 359 g/mol. The molecule has 1 aromatic heterocycles. The van der Waals surface area contributed by atoms with Crippen molar-refractivity contribution in [2.24, 2.45) is 0 Å². The van der Waals surface area contributed by atoms with Gasteiger partial charge in [0.1, 0.15) is 11.3 Å². The van der Waals surface area contributed by atoms with Gasteiger partial charge in [0.25, 0.3) is 0 Å². The van der Waals surface area contributed by atoms with Gasteiger partial charge in [0.15, 0.2) is 5.76 Å². The zero-order chi connectivity index (χ0) is 18.8. The first-order valence-corrected chi connectivity index (χ1v) is 8.06. The Labute approximate surface area is 178 Å². The Kier molecular flexibility index (Phi) is 6.70. The molecule has 0 aliphatic carbocycles. The summed E-state index contributed by atoms with van der Waals surface area (Å²) in [5.41, 5.74) is 0.552. The van der Waals surface area contributed by atoms with Crippen molar-refractivity contribution in [3.63, 3.8) is 0 Å². The second-order valence-corrected chi connectivity index (χ2v) is 6.00. The first-order chi connectivity index (χ1) is 12.4. The Morgan fingerprint density at radius 1 is 1.11 bits per heavy atom. The van der Waals surface area contributed by atoms with Crippen LogP contribution >= 0.6 is 0 Å². The minimum absolute atomic E-state index is 0. The maximum atomic E-state index is 13.0. The van der Waals surface area contributed by atoms with Crippen molar-refractivity contribution in [2.75, 3.05) is 7.11 Å². The van der Waals surface area contributed by atoms with Gasteiger partial charge >= 0.3 is 5.97 Å². The number of methoxy groups -OCH3 is 1. The Morgan fingerprint density at radius 2 is 1.78 bits per heavy atom. The van der Waals surface area contributed by atoms with Gasteiger partial charge in [0.2, 0.25) is 11.2 Å². The Bertz CT molecular complexity index is 1020. The number of aromatic carboxylic acids is 1. The van der Waals surface area contributed by atoms with E-state index in [2.05, 4.69) is 0 Å². The normalized spacial score (nSPS) is 10.5. The Morgan fingerprint density at radius 3 is 2.33 bits per heavy atom. The first kappa shape index (κ1) is 21.0. The summed E-state index contributed by atoms with van der Waals surface area (Å²) in [5.74, 6) is -0.0895. The van der Waals surface area contributed by atoms with E-state index in [0.717, 1.165) is 0 Å². The van der Waals surface area contributed by atoms with Crippen molar-refractivity contribution in [3.05, 3.63) is 58.3 Å². The molecule has 2 aromatic carbocycles. The second kappa shape index (κ2) is 8.61. The van der Waals surface area contributed by atoms with Crippen LogP contribution in [0.5, 0.6) is 11.5 Å². The van der Waals surface area contributed by atoms with Gasteiger partial charge in [-0.05, 0) is 56.3 Å². The van der Waals surface area contributed by atoms with Crippen LogP contribution in [0.2, 0.25) is 0 Å². The summed E-state index contributed by atoms with van der Waals surface area (Å²) >= 11 is 0. The first-order valence-electron chi connectivity index (χ1n) is 8.06. The minimum Gasteiger partial charge on any atom is -0.497 e. The Hall–Kier alpha value is -2.28. The maximum Gasteiger partial charge on any atom is 0.335 e. The third-order valence-corrected chi connectivity index (χ3v) is 3.80. The van der Waals surface area contributed by atoms with E-state index in [1.165, 1.54) is 18.2 Å². The summed E-state index contributed by atoms with van der Waals surface area (Å²) in [7, 11) is 1.57. The van der Waals surface area contributed by atoms with Gasteiger partial charge in [-0.2, -0.15) is 0 Å². The number of hydrogen-bond acceptors (Lipinski definition) is 5. The number of carbonyl (C=O) groups is 1. The van der Waals surface area contributed by atoms with Gasteiger partial charge in [-0.3, -0.25) is 4.79 Å². The van der Waals surface area contributed by atoms with Crippen LogP contribution in [0.15, 0.2) is 51.7 Å². The van der Waals surface area contributed by atoms with Crippen molar-refractivity contribution in [1.29, 1.82) is 0 Å². The van der Waals surface area contributed by atoms with Crippen LogP contribution in [0, 0.1) is 0 Å². The van der Waals surface area contributed by atoms with E-state index < -0.39 is 11.4 Å². The molecule has 6 nitrogen and oxygen atoms in total. The number of hydrogen-bond donors (Lipinski definition) is 1. The van der Waals surface area contributed by atoms with Crippen LogP contribution in [0.1, 0.15) is 24.2 Å². The number of carboxylic acid groups (broad SMARTS) is 1. The zero-order valence-electron chi connectivity index (χ0n) is 15.6. The van der Waals surface area contributed by atoms with Crippen LogP contribution < -0.4 is 14.9 Å². The van der Waals surface area contributed by atoms with Gasteiger partial charge < -0.3 is 19.0 Å². The molecule has 0 aliphatic heterocycles. The van der Waals surface area contributed by atoms with Crippen LogP contribution in [0.4, 0.5) is 0 Å².